The van der Waals surface area contributed by atoms with Gasteiger partial charge in [-0.2, -0.15) is 0 Å². The van der Waals surface area contributed by atoms with E-state index in [1.807, 2.05) is 6.07 Å². The smallest absolute Gasteiger partial charge is 0.315 e. The minimum Gasteiger partial charge on any atom is -0.370 e. The average molecular weight is 289 g/mol. The van der Waals surface area contributed by atoms with Crippen molar-refractivity contribution in [2.45, 2.75) is 44.1 Å². The first-order chi connectivity index (χ1) is 10.1. The summed E-state index contributed by atoms with van der Waals surface area (Å²) in [4.78, 5) is 22.3. The third-order valence-electron chi connectivity index (χ3n) is 3.99. The van der Waals surface area contributed by atoms with Crippen LogP contribution in [0.25, 0.3) is 0 Å². The summed E-state index contributed by atoms with van der Waals surface area (Å²) >= 11 is 0. The molecule has 5 nitrogen and oxygen atoms in total. The van der Waals surface area contributed by atoms with Crippen LogP contribution in [0.15, 0.2) is 30.3 Å². The maximum Gasteiger partial charge on any atom is 0.315 e. The molecule has 1 aliphatic rings. The molecule has 1 aliphatic carbocycles. The highest BCUT2D eigenvalue weighted by molar-refractivity contribution is 5.77. The van der Waals surface area contributed by atoms with Crippen molar-refractivity contribution >= 4 is 11.9 Å². The van der Waals surface area contributed by atoms with Gasteiger partial charge in [-0.05, 0) is 37.2 Å². The summed E-state index contributed by atoms with van der Waals surface area (Å²) < 4.78 is 0. The van der Waals surface area contributed by atoms with E-state index in [0.29, 0.717) is 12.5 Å². The number of benzene rings is 1. The normalized spacial score (nSPS) is 21.5. The van der Waals surface area contributed by atoms with E-state index in [2.05, 4.69) is 34.9 Å². The van der Waals surface area contributed by atoms with Gasteiger partial charge in [0.25, 0.3) is 0 Å². The molecule has 21 heavy (non-hydrogen) atoms. The number of rotatable bonds is 5. The van der Waals surface area contributed by atoms with Crippen molar-refractivity contribution in [3.05, 3.63) is 35.9 Å². The van der Waals surface area contributed by atoms with Gasteiger partial charge in [-0.15, -0.1) is 0 Å². The van der Waals surface area contributed by atoms with Gasteiger partial charge in [0, 0.05) is 19.0 Å². The zero-order valence-electron chi connectivity index (χ0n) is 12.2. The Labute approximate surface area is 125 Å². The lowest BCUT2D eigenvalue weighted by atomic mass is 9.82. The average Bonchev–Trinajstić information content (AvgIpc) is 2.48. The van der Waals surface area contributed by atoms with Gasteiger partial charge < -0.3 is 16.4 Å². The largest absolute Gasteiger partial charge is 0.370 e. The van der Waals surface area contributed by atoms with E-state index in [-0.39, 0.29) is 18.5 Å². The molecule has 0 aliphatic heterocycles. The van der Waals surface area contributed by atoms with Gasteiger partial charge in [-0.25, -0.2) is 4.79 Å². The molecule has 1 aromatic rings. The van der Waals surface area contributed by atoms with Crippen molar-refractivity contribution in [3.63, 3.8) is 0 Å². The summed E-state index contributed by atoms with van der Waals surface area (Å²) in [5.41, 5.74) is 6.41. The molecule has 1 aromatic carbocycles. The fourth-order valence-corrected chi connectivity index (χ4v) is 2.83. The molecular weight excluding hydrogens is 266 g/mol. The summed E-state index contributed by atoms with van der Waals surface area (Å²) in [6.07, 6.45) is 4.34. The van der Waals surface area contributed by atoms with Gasteiger partial charge in [0.15, 0.2) is 0 Å². The van der Waals surface area contributed by atoms with E-state index >= 15 is 0 Å². The topological polar surface area (TPSA) is 84.2 Å². The molecule has 1 fully saturated rings. The molecule has 0 bridgehead atoms. The lowest BCUT2D eigenvalue weighted by Crippen LogP contribution is -2.44. The first-order valence-electron chi connectivity index (χ1n) is 7.53. The lowest BCUT2D eigenvalue weighted by molar-refractivity contribution is -0.117. The number of carbonyl (C=O) groups is 2. The van der Waals surface area contributed by atoms with Crippen LogP contribution in [0, 0.1) is 0 Å². The van der Waals surface area contributed by atoms with Gasteiger partial charge in [-0.3, -0.25) is 4.79 Å². The van der Waals surface area contributed by atoms with Gasteiger partial charge >= 0.3 is 6.03 Å². The van der Waals surface area contributed by atoms with Gasteiger partial charge in [0.05, 0.1) is 0 Å². The quantitative estimate of drug-likeness (QED) is 0.773. The standard InChI is InChI=1S/C16H23N3O2/c17-15(20)10-11-18-16(21)19-14-8-6-13(7-9-14)12-4-2-1-3-5-12/h1-5,13-14H,6-11H2,(H2,17,20)(H2,18,19,21). The number of hydrogen-bond acceptors (Lipinski definition) is 2. The molecule has 4 N–H and O–H groups in total. The third-order valence-corrected chi connectivity index (χ3v) is 3.99. The van der Waals surface area contributed by atoms with Crippen LogP contribution in [0.2, 0.25) is 0 Å². The van der Waals surface area contributed by atoms with E-state index in [9.17, 15) is 9.59 Å². The highest BCUT2D eigenvalue weighted by Gasteiger charge is 2.23. The van der Waals surface area contributed by atoms with Gasteiger partial charge in [0.1, 0.15) is 0 Å². The zero-order valence-corrected chi connectivity index (χ0v) is 12.2. The lowest BCUT2D eigenvalue weighted by Gasteiger charge is -2.29. The Morgan fingerprint density at radius 3 is 2.38 bits per heavy atom. The Morgan fingerprint density at radius 1 is 1.10 bits per heavy atom. The van der Waals surface area contributed by atoms with Crippen LogP contribution in [0.5, 0.6) is 0 Å². The molecule has 3 amide bonds. The van der Waals surface area contributed by atoms with E-state index in [1.54, 1.807) is 0 Å². The molecule has 1 saturated carbocycles. The van der Waals surface area contributed by atoms with Gasteiger partial charge in [0.2, 0.25) is 5.91 Å². The van der Waals surface area contributed by atoms with E-state index in [4.69, 9.17) is 5.73 Å². The summed E-state index contributed by atoms with van der Waals surface area (Å²) in [6, 6.07) is 10.5. The Bertz CT molecular complexity index is 468. The molecular formula is C16H23N3O2. The summed E-state index contributed by atoms with van der Waals surface area (Å²) in [6.45, 7) is 0.292. The van der Waals surface area contributed by atoms with Crippen molar-refractivity contribution < 1.29 is 9.59 Å². The number of nitrogens with one attached hydrogen (secondary N) is 2. The maximum atomic E-state index is 11.7. The van der Waals surface area contributed by atoms with E-state index in [1.165, 1.54) is 5.56 Å². The van der Waals surface area contributed by atoms with Crippen molar-refractivity contribution in [2.75, 3.05) is 6.54 Å². The summed E-state index contributed by atoms with van der Waals surface area (Å²) in [5.74, 6) is 0.195. The molecule has 0 unspecified atom stereocenters. The molecule has 0 aromatic heterocycles. The highest BCUT2D eigenvalue weighted by Crippen LogP contribution is 2.32. The molecule has 114 valence electrons. The Morgan fingerprint density at radius 2 is 1.76 bits per heavy atom. The second-order valence-electron chi connectivity index (χ2n) is 5.58. The molecule has 0 radical (unpaired) electrons. The second kappa shape index (κ2) is 7.67. The van der Waals surface area contributed by atoms with Crippen molar-refractivity contribution in [1.29, 1.82) is 0 Å². The van der Waals surface area contributed by atoms with Crippen LogP contribution in [-0.2, 0) is 4.79 Å². The number of carbonyl (C=O) groups excluding carboxylic acids is 2. The molecule has 0 saturated heterocycles. The van der Waals surface area contributed by atoms with Crippen LogP contribution >= 0.6 is 0 Å². The Kier molecular flexibility index (Phi) is 5.60. The molecule has 0 spiro atoms. The monoisotopic (exact) mass is 289 g/mol. The van der Waals surface area contributed by atoms with Crippen molar-refractivity contribution in [3.8, 4) is 0 Å². The van der Waals surface area contributed by atoms with Crippen molar-refractivity contribution in [1.82, 2.24) is 10.6 Å². The Hall–Kier alpha value is -2.04. The summed E-state index contributed by atoms with van der Waals surface area (Å²) in [5, 5.41) is 5.62. The minimum absolute atomic E-state index is 0.175. The fraction of sp³-hybridized carbons (Fsp3) is 0.500. The number of nitrogens with two attached hydrogens (primary N) is 1. The van der Waals surface area contributed by atoms with Crippen LogP contribution in [0.4, 0.5) is 4.79 Å². The molecule has 0 atom stereocenters. The SMILES string of the molecule is NC(=O)CCNC(=O)NC1CCC(c2ccccc2)CC1. The van der Waals surface area contributed by atoms with Crippen LogP contribution in [0.1, 0.15) is 43.6 Å². The fourth-order valence-electron chi connectivity index (χ4n) is 2.83. The van der Waals surface area contributed by atoms with Crippen molar-refractivity contribution in [2.24, 2.45) is 5.73 Å². The zero-order chi connectivity index (χ0) is 15.1. The first-order valence-corrected chi connectivity index (χ1v) is 7.53. The summed E-state index contributed by atoms with van der Waals surface area (Å²) in [7, 11) is 0. The number of hydrogen-bond donors (Lipinski definition) is 3. The highest BCUT2D eigenvalue weighted by atomic mass is 16.2. The van der Waals surface area contributed by atoms with Crippen LogP contribution < -0.4 is 16.4 Å². The molecule has 2 rings (SSSR count). The first kappa shape index (κ1) is 15.4. The van der Waals surface area contributed by atoms with E-state index < -0.39 is 5.91 Å². The number of primary amides is 1. The maximum absolute atomic E-state index is 11.7. The van der Waals surface area contributed by atoms with E-state index in [0.717, 1.165) is 25.7 Å². The predicted octanol–water partition coefficient (Wildman–Crippen LogP) is 1.89. The number of amides is 3. The predicted molar refractivity (Wildman–Crippen MR) is 81.8 cm³/mol. The van der Waals surface area contributed by atoms with Crippen LogP contribution in [-0.4, -0.2) is 24.5 Å². The second-order valence-corrected chi connectivity index (χ2v) is 5.58. The number of urea groups is 1. The minimum atomic E-state index is -0.404. The molecule has 5 heteroatoms. The van der Waals surface area contributed by atoms with Gasteiger partial charge in [-0.1, -0.05) is 30.3 Å². The van der Waals surface area contributed by atoms with Crippen LogP contribution in [0.3, 0.4) is 0 Å². The Balaban J connectivity index is 1.69. The third kappa shape index (κ3) is 5.10. The molecule has 0 heterocycles.